The van der Waals surface area contributed by atoms with Crippen molar-refractivity contribution in [3.63, 3.8) is 0 Å². The quantitative estimate of drug-likeness (QED) is 0.839. The summed E-state index contributed by atoms with van der Waals surface area (Å²) in [4.78, 5) is 0. The molecular formula is C14H15O2Sb. The van der Waals surface area contributed by atoms with Gasteiger partial charge >= 0.3 is 106 Å². The number of aryl methyl sites for hydroxylation is 2. The van der Waals surface area contributed by atoms with E-state index in [4.69, 9.17) is 0 Å². The maximum atomic E-state index is 12.5. The third-order valence-electron chi connectivity index (χ3n) is 2.77. The van der Waals surface area contributed by atoms with E-state index in [2.05, 4.69) is 0 Å². The average Bonchev–Trinajstić information content (AvgIpc) is 2.30. The van der Waals surface area contributed by atoms with Crippen molar-refractivity contribution >= 4 is 26.2 Å². The van der Waals surface area contributed by atoms with Crippen LogP contribution in [-0.2, 0) is 3.02 Å². The SMILES string of the molecule is Cc1cc[c]([Sb](=[O])([OH])[c]2ccc(C)cc2)cc1. The fraction of sp³-hybridized carbons (Fsp3) is 0.143. The van der Waals surface area contributed by atoms with Crippen molar-refractivity contribution in [3.05, 3.63) is 59.7 Å². The summed E-state index contributed by atoms with van der Waals surface area (Å²) in [6, 6.07) is 14.5. The number of hydrogen-bond acceptors (Lipinski definition) is 1. The molecule has 0 aliphatic heterocycles. The molecule has 2 aromatic rings. The molecule has 0 aliphatic rings. The molecule has 0 aromatic heterocycles. The van der Waals surface area contributed by atoms with Crippen LogP contribution in [0.25, 0.3) is 0 Å². The first-order valence-electron chi connectivity index (χ1n) is 5.47. The van der Waals surface area contributed by atoms with Crippen molar-refractivity contribution in [1.29, 1.82) is 0 Å². The molecule has 0 unspecified atom stereocenters. The normalized spacial score (nSPS) is 11.5. The molecule has 0 saturated carbocycles. The third-order valence-corrected chi connectivity index (χ3v) is 8.47. The van der Waals surface area contributed by atoms with E-state index in [1.807, 2.05) is 38.1 Å². The zero-order chi connectivity index (χ0) is 12.5. The van der Waals surface area contributed by atoms with E-state index in [0.29, 0.717) is 7.02 Å². The van der Waals surface area contributed by atoms with E-state index in [1.54, 1.807) is 24.3 Å². The van der Waals surface area contributed by atoms with Gasteiger partial charge in [-0.25, -0.2) is 0 Å². The Morgan fingerprint density at radius 2 is 1.06 bits per heavy atom. The third kappa shape index (κ3) is 2.65. The Bertz CT molecular complexity index is 506. The molecule has 0 fully saturated rings. The summed E-state index contributed by atoms with van der Waals surface area (Å²) < 4.78 is 23.9. The second-order valence-corrected chi connectivity index (χ2v) is 10.5. The van der Waals surface area contributed by atoms with Crippen LogP contribution in [0.15, 0.2) is 48.5 Å². The molecule has 2 aromatic carbocycles. The molecule has 0 heterocycles. The predicted octanol–water partition coefficient (Wildman–Crippen LogP) is 1.28. The Labute approximate surface area is 106 Å². The van der Waals surface area contributed by atoms with Crippen LogP contribution in [0.1, 0.15) is 11.1 Å². The number of rotatable bonds is 2. The Morgan fingerprint density at radius 3 is 1.35 bits per heavy atom. The minimum atomic E-state index is -4.44. The van der Waals surface area contributed by atoms with E-state index < -0.39 is 19.2 Å². The van der Waals surface area contributed by atoms with Gasteiger partial charge in [-0.1, -0.05) is 0 Å². The zero-order valence-corrected chi connectivity index (χ0v) is 12.5. The van der Waals surface area contributed by atoms with Gasteiger partial charge in [-0.3, -0.25) is 0 Å². The Morgan fingerprint density at radius 1 is 0.765 bits per heavy atom. The van der Waals surface area contributed by atoms with Crippen LogP contribution in [-0.4, -0.2) is 22.6 Å². The molecule has 0 radical (unpaired) electrons. The van der Waals surface area contributed by atoms with Gasteiger partial charge in [0.1, 0.15) is 0 Å². The Balaban J connectivity index is 2.45. The predicted molar refractivity (Wildman–Crippen MR) is 70.3 cm³/mol. The van der Waals surface area contributed by atoms with E-state index >= 15 is 0 Å². The number of benzene rings is 2. The van der Waals surface area contributed by atoms with Crippen LogP contribution < -0.4 is 7.02 Å². The fourth-order valence-electron chi connectivity index (χ4n) is 1.64. The molecule has 3 heteroatoms. The van der Waals surface area contributed by atoms with Crippen molar-refractivity contribution in [2.45, 2.75) is 13.8 Å². The summed E-state index contributed by atoms with van der Waals surface area (Å²) in [5.41, 5.74) is 2.19. The van der Waals surface area contributed by atoms with Crippen molar-refractivity contribution < 1.29 is 6.40 Å². The van der Waals surface area contributed by atoms with Crippen LogP contribution in [0, 0.1) is 13.8 Å². The van der Waals surface area contributed by atoms with E-state index in [0.717, 1.165) is 11.1 Å². The van der Waals surface area contributed by atoms with Gasteiger partial charge in [0.05, 0.1) is 0 Å². The molecule has 0 spiro atoms. The zero-order valence-electron chi connectivity index (χ0n) is 9.92. The second-order valence-electron chi connectivity index (χ2n) is 4.25. The van der Waals surface area contributed by atoms with Gasteiger partial charge in [-0.05, 0) is 0 Å². The summed E-state index contributed by atoms with van der Waals surface area (Å²) in [5, 5.41) is 0. The molecule has 2 nitrogen and oxygen atoms in total. The van der Waals surface area contributed by atoms with Crippen molar-refractivity contribution in [2.24, 2.45) is 0 Å². The van der Waals surface area contributed by atoms with Gasteiger partial charge in [0.2, 0.25) is 0 Å². The molecule has 1 N–H and O–H groups in total. The molecule has 17 heavy (non-hydrogen) atoms. The van der Waals surface area contributed by atoms with Crippen LogP contribution >= 0.6 is 0 Å². The monoisotopic (exact) mass is 336 g/mol. The van der Waals surface area contributed by atoms with Crippen molar-refractivity contribution in [3.8, 4) is 0 Å². The molecule has 88 valence electrons. The second kappa shape index (κ2) is 4.72. The molecule has 0 aliphatic carbocycles. The van der Waals surface area contributed by atoms with E-state index in [9.17, 15) is 6.40 Å². The van der Waals surface area contributed by atoms with E-state index in [-0.39, 0.29) is 0 Å². The first-order chi connectivity index (χ1) is 8.00. The van der Waals surface area contributed by atoms with Gasteiger partial charge in [-0.15, -0.1) is 0 Å². The van der Waals surface area contributed by atoms with Gasteiger partial charge in [-0.2, -0.15) is 0 Å². The standard InChI is InChI=1S/2C7H7.H2O.O.Sb/c2*1-7-5-3-2-4-6-7;;;/h2*3-6H,1H3;1H2;;/q;;;;+1/p-1. The summed E-state index contributed by atoms with van der Waals surface area (Å²) in [6.07, 6.45) is 0. The average molecular weight is 337 g/mol. The molecule has 0 saturated heterocycles. The maximum absolute atomic E-state index is 12.5. The summed E-state index contributed by atoms with van der Waals surface area (Å²) in [5.74, 6) is 0. The van der Waals surface area contributed by atoms with Gasteiger partial charge < -0.3 is 0 Å². The Hall–Kier alpha value is -0.982. The Kier molecular flexibility index (Phi) is 3.46. The van der Waals surface area contributed by atoms with Crippen LogP contribution in [0.2, 0.25) is 0 Å². The summed E-state index contributed by atoms with van der Waals surface area (Å²) >= 11 is -4.44. The molecule has 0 amide bonds. The molecule has 2 rings (SSSR count). The molecular weight excluding hydrogens is 322 g/mol. The summed E-state index contributed by atoms with van der Waals surface area (Å²) in [6.45, 7) is 3.93. The van der Waals surface area contributed by atoms with Crippen LogP contribution in [0.5, 0.6) is 0 Å². The van der Waals surface area contributed by atoms with Crippen LogP contribution in [0.4, 0.5) is 0 Å². The first-order valence-corrected chi connectivity index (χ1v) is 10.2. The summed E-state index contributed by atoms with van der Waals surface area (Å²) in [7, 11) is 0. The van der Waals surface area contributed by atoms with Crippen molar-refractivity contribution in [1.82, 2.24) is 0 Å². The van der Waals surface area contributed by atoms with Crippen LogP contribution in [0.3, 0.4) is 0 Å². The number of hydrogen-bond donors (Lipinski definition) is 1. The molecule has 0 atom stereocenters. The fourth-order valence-corrected chi connectivity index (χ4v) is 5.65. The van der Waals surface area contributed by atoms with Gasteiger partial charge in [0.25, 0.3) is 0 Å². The molecule has 0 bridgehead atoms. The topological polar surface area (TPSA) is 37.3 Å². The van der Waals surface area contributed by atoms with E-state index in [1.165, 1.54) is 0 Å². The first kappa shape index (κ1) is 12.5. The van der Waals surface area contributed by atoms with Gasteiger partial charge in [0.15, 0.2) is 0 Å². The minimum absolute atomic E-state index is 0.568. The van der Waals surface area contributed by atoms with Crippen molar-refractivity contribution in [2.75, 3.05) is 0 Å². The van der Waals surface area contributed by atoms with Gasteiger partial charge in [0, 0.05) is 0 Å².